The summed E-state index contributed by atoms with van der Waals surface area (Å²) in [4.78, 5) is 29.1. The van der Waals surface area contributed by atoms with Crippen LogP contribution in [0.15, 0.2) is 48.5 Å². The lowest BCUT2D eigenvalue weighted by Gasteiger charge is -2.32. The van der Waals surface area contributed by atoms with E-state index in [-0.39, 0.29) is 24.3 Å². The summed E-state index contributed by atoms with van der Waals surface area (Å²) in [6.07, 6.45) is 0.212. The van der Waals surface area contributed by atoms with Crippen LogP contribution in [-0.4, -0.2) is 54.8 Å². The first kappa shape index (κ1) is 23.0. The minimum absolute atomic E-state index is 0.0798. The number of nitrogens with zero attached hydrogens (tertiary/aromatic N) is 2. The number of hydrogen-bond donors (Lipinski definition) is 2. The van der Waals surface area contributed by atoms with Crippen molar-refractivity contribution in [2.24, 2.45) is 0 Å². The maximum absolute atomic E-state index is 12.6. The third kappa shape index (κ3) is 7.49. The Balaban J connectivity index is 1.54. The molecule has 31 heavy (non-hydrogen) atoms. The highest BCUT2D eigenvalue weighted by Crippen LogP contribution is 2.18. The number of nitrogens with one attached hydrogen (secondary N) is 2. The van der Waals surface area contributed by atoms with Crippen LogP contribution in [0.2, 0.25) is 0 Å². The van der Waals surface area contributed by atoms with E-state index in [0.29, 0.717) is 6.54 Å². The van der Waals surface area contributed by atoms with E-state index < -0.39 is 0 Å². The van der Waals surface area contributed by atoms with Gasteiger partial charge in [0.05, 0.1) is 12.5 Å². The van der Waals surface area contributed by atoms with Gasteiger partial charge in [-0.15, -0.1) is 0 Å². The minimum atomic E-state index is -0.332. The van der Waals surface area contributed by atoms with E-state index in [2.05, 4.69) is 45.7 Å². The molecule has 2 aromatic rings. The number of carbonyl (C=O) groups is 2. The zero-order valence-electron chi connectivity index (χ0n) is 18.9. The molecule has 0 radical (unpaired) electrons. The monoisotopic (exact) mass is 422 g/mol. The number of aryl methyl sites for hydroxylation is 1. The van der Waals surface area contributed by atoms with Crippen LogP contribution in [0.5, 0.6) is 0 Å². The van der Waals surface area contributed by atoms with E-state index in [9.17, 15) is 9.59 Å². The number of carbonyl (C=O) groups excluding carboxylic acids is 2. The lowest BCUT2D eigenvalue weighted by molar-refractivity contribution is -0.122. The Bertz CT molecular complexity index is 873. The average molecular weight is 423 g/mol. The fourth-order valence-electron chi connectivity index (χ4n) is 3.86. The summed E-state index contributed by atoms with van der Waals surface area (Å²) in [5.74, 6) is -0.223. The molecule has 0 saturated carbocycles. The largest absolute Gasteiger partial charge is 0.352 e. The van der Waals surface area contributed by atoms with E-state index in [1.807, 2.05) is 37.3 Å². The molecule has 1 atom stereocenters. The van der Waals surface area contributed by atoms with Crippen molar-refractivity contribution in [2.75, 3.05) is 33.2 Å². The first-order chi connectivity index (χ1) is 14.9. The van der Waals surface area contributed by atoms with Crippen LogP contribution in [-0.2, 0) is 22.7 Å². The van der Waals surface area contributed by atoms with Gasteiger partial charge in [0.15, 0.2) is 0 Å². The molecule has 1 unspecified atom stereocenters. The van der Waals surface area contributed by atoms with Gasteiger partial charge in [-0.1, -0.05) is 54.1 Å². The molecular weight excluding hydrogens is 388 g/mol. The molecule has 3 rings (SSSR count). The maximum Gasteiger partial charge on any atom is 0.222 e. The van der Waals surface area contributed by atoms with Gasteiger partial charge in [-0.05, 0) is 30.7 Å². The predicted octanol–water partition coefficient (Wildman–Crippen LogP) is 2.63. The fourth-order valence-corrected chi connectivity index (χ4v) is 3.86. The van der Waals surface area contributed by atoms with E-state index in [1.165, 1.54) is 12.5 Å². The van der Waals surface area contributed by atoms with Gasteiger partial charge >= 0.3 is 0 Å². The SMILES string of the molecule is CC(=O)NC(CC(=O)NCc1cccc(CN2CCN(C)CC2)c1)c1ccc(C)cc1. The predicted molar refractivity (Wildman–Crippen MR) is 123 cm³/mol. The van der Waals surface area contributed by atoms with Crippen molar-refractivity contribution >= 4 is 11.8 Å². The first-order valence-corrected chi connectivity index (χ1v) is 11.0. The second-order valence-corrected chi connectivity index (χ2v) is 8.54. The zero-order valence-corrected chi connectivity index (χ0v) is 18.9. The summed E-state index contributed by atoms with van der Waals surface area (Å²) >= 11 is 0. The van der Waals surface area contributed by atoms with Gasteiger partial charge in [0, 0.05) is 46.2 Å². The summed E-state index contributed by atoms with van der Waals surface area (Å²) in [6.45, 7) is 9.29. The van der Waals surface area contributed by atoms with Crippen molar-refractivity contribution in [2.45, 2.75) is 39.4 Å². The normalized spacial score (nSPS) is 16.0. The topological polar surface area (TPSA) is 64.7 Å². The molecule has 2 amide bonds. The smallest absolute Gasteiger partial charge is 0.222 e. The summed E-state index contributed by atoms with van der Waals surface area (Å²) in [6, 6.07) is 16.0. The van der Waals surface area contributed by atoms with Crippen molar-refractivity contribution in [3.8, 4) is 0 Å². The lowest BCUT2D eigenvalue weighted by Crippen LogP contribution is -2.43. The second-order valence-electron chi connectivity index (χ2n) is 8.54. The van der Waals surface area contributed by atoms with E-state index in [1.54, 1.807) is 0 Å². The molecule has 0 aromatic heterocycles. The van der Waals surface area contributed by atoms with Crippen molar-refractivity contribution in [3.63, 3.8) is 0 Å². The molecule has 1 fully saturated rings. The molecule has 1 aliphatic rings. The molecule has 166 valence electrons. The van der Waals surface area contributed by atoms with E-state index >= 15 is 0 Å². The molecule has 2 N–H and O–H groups in total. The van der Waals surface area contributed by atoms with E-state index in [0.717, 1.165) is 49.4 Å². The minimum Gasteiger partial charge on any atom is -0.352 e. The van der Waals surface area contributed by atoms with Crippen LogP contribution >= 0.6 is 0 Å². The first-order valence-electron chi connectivity index (χ1n) is 11.0. The number of amides is 2. The second kappa shape index (κ2) is 11.1. The number of likely N-dealkylation sites (N-methyl/N-ethyl adjacent to an activating group) is 1. The maximum atomic E-state index is 12.6. The van der Waals surface area contributed by atoms with Crippen LogP contribution in [0.3, 0.4) is 0 Å². The third-order valence-electron chi connectivity index (χ3n) is 5.73. The number of hydrogen-bond acceptors (Lipinski definition) is 4. The Morgan fingerprint density at radius 2 is 1.68 bits per heavy atom. The Morgan fingerprint density at radius 3 is 2.35 bits per heavy atom. The van der Waals surface area contributed by atoms with Gasteiger partial charge in [0.25, 0.3) is 0 Å². The summed E-state index contributed by atoms with van der Waals surface area (Å²) in [5.41, 5.74) is 4.44. The van der Waals surface area contributed by atoms with Gasteiger partial charge in [-0.2, -0.15) is 0 Å². The molecular formula is C25H34N4O2. The summed E-state index contributed by atoms with van der Waals surface area (Å²) in [7, 11) is 2.16. The van der Waals surface area contributed by atoms with Crippen LogP contribution in [0.4, 0.5) is 0 Å². The highest BCUT2D eigenvalue weighted by atomic mass is 16.2. The Hall–Kier alpha value is -2.70. The molecule has 1 aliphatic heterocycles. The lowest BCUT2D eigenvalue weighted by atomic mass is 10.0. The van der Waals surface area contributed by atoms with Crippen molar-refractivity contribution < 1.29 is 9.59 Å². The van der Waals surface area contributed by atoms with Crippen molar-refractivity contribution in [1.82, 2.24) is 20.4 Å². The third-order valence-corrected chi connectivity index (χ3v) is 5.73. The van der Waals surface area contributed by atoms with Gasteiger partial charge in [-0.25, -0.2) is 0 Å². The van der Waals surface area contributed by atoms with Crippen molar-refractivity contribution in [3.05, 3.63) is 70.8 Å². The molecule has 0 spiro atoms. The standard InChI is InChI=1S/C25H34N4O2/c1-19-7-9-23(10-8-19)24(27-20(2)30)16-25(31)26-17-21-5-4-6-22(15-21)18-29-13-11-28(3)12-14-29/h4-10,15,24H,11-14,16-18H2,1-3H3,(H,26,31)(H,27,30). The summed E-state index contributed by atoms with van der Waals surface area (Å²) in [5, 5.41) is 5.90. The quantitative estimate of drug-likeness (QED) is 0.687. The Kier molecular flexibility index (Phi) is 8.20. The van der Waals surface area contributed by atoms with Crippen LogP contribution < -0.4 is 10.6 Å². The summed E-state index contributed by atoms with van der Waals surface area (Å²) < 4.78 is 0. The number of rotatable bonds is 8. The van der Waals surface area contributed by atoms with Gasteiger partial charge in [0.1, 0.15) is 0 Å². The number of piperazine rings is 1. The van der Waals surface area contributed by atoms with Gasteiger partial charge < -0.3 is 15.5 Å². The molecule has 1 saturated heterocycles. The number of benzene rings is 2. The van der Waals surface area contributed by atoms with Crippen LogP contribution in [0.1, 0.15) is 41.6 Å². The molecule has 0 bridgehead atoms. The fraction of sp³-hybridized carbons (Fsp3) is 0.440. The van der Waals surface area contributed by atoms with Gasteiger partial charge in [0.2, 0.25) is 11.8 Å². The zero-order chi connectivity index (χ0) is 22.2. The molecule has 2 aromatic carbocycles. The Morgan fingerprint density at radius 1 is 1.00 bits per heavy atom. The highest BCUT2D eigenvalue weighted by molar-refractivity contribution is 5.79. The van der Waals surface area contributed by atoms with E-state index in [4.69, 9.17) is 0 Å². The van der Waals surface area contributed by atoms with Crippen molar-refractivity contribution in [1.29, 1.82) is 0 Å². The highest BCUT2D eigenvalue weighted by Gasteiger charge is 2.17. The van der Waals surface area contributed by atoms with Crippen LogP contribution in [0.25, 0.3) is 0 Å². The Labute approximate surface area is 185 Å². The molecule has 6 heteroatoms. The molecule has 0 aliphatic carbocycles. The average Bonchev–Trinajstić information content (AvgIpc) is 2.74. The molecule has 1 heterocycles. The van der Waals surface area contributed by atoms with Gasteiger partial charge in [-0.3, -0.25) is 14.5 Å². The molecule has 6 nitrogen and oxygen atoms in total. The van der Waals surface area contributed by atoms with Crippen LogP contribution in [0, 0.1) is 6.92 Å².